The van der Waals surface area contributed by atoms with Crippen molar-refractivity contribution in [3.05, 3.63) is 23.8 Å². The number of allylic oxidation sites excluding steroid dienone is 2. The van der Waals surface area contributed by atoms with Crippen LogP contribution in [0.5, 0.6) is 0 Å². The number of fused-ring (bicyclic) bond motifs is 1. The van der Waals surface area contributed by atoms with Crippen LogP contribution in [0.2, 0.25) is 0 Å². The van der Waals surface area contributed by atoms with Gasteiger partial charge in [0.05, 0.1) is 12.4 Å². The van der Waals surface area contributed by atoms with E-state index in [2.05, 4.69) is 16.9 Å². The summed E-state index contributed by atoms with van der Waals surface area (Å²) >= 11 is 6.47. The van der Waals surface area contributed by atoms with Crippen LogP contribution in [0, 0.1) is 11.8 Å². The van der Waals surface area contributed by atoms with Gasteiger partial charge in [-0.25, -0.2) is 0 Å². The van der Waals surface area contributed by atoms with E-state index >= 15 is 0 Å². The van der Waals surface area contributed by atoms with Crippen molar-refractivity contribution in [2.24, 2.45) is 21.8 Å². The predicted molar refractivity (Wildman–Crippen MR) is 70.4 cm³/mol. The highest BCUT2D eigenvalue weighted by atomic mass is 35.5. The van der Waals surface area contributed by atoms with Crippen LogP contribution in [-0.4, -0.2) is 16.6 Å². The molecular weight excluding hydrogens is 234 g/mol. The topological polar surface area (TPSA) is 24.7 Å². The Labute approximate surface area is 107 Å². The van der Waals surface area contributed by atoms with Gasteiger partial charge in [-0.15, -0.1) is 4.00 Å². The minimum absolute atomic E-state index is 0.172. The Bertz CT molecular complexity index is 442. The molecule has 2 heterocycles. The van der Waals surface area contributed by atoms with E-state index in [0.29, 0.717) is 5.92 Å². The fourth-order valence-corrected chi connectivity index (χ4v) is 3.05. The quantitative estimate of drug-likeness (QED) is 0.636. The van der Waals surface area contributed by atoms with Crippen LogP contribution in [0.3, 0.4) is 0 Å². The molecular formula is C13H17ClN3+. The number of aliphatic imine (C=N–C) groups is 2. The van der Waals surface area contributed by atoms with E-state index in [4.69, 9.17) is 11.8 Å². The lowest BCUT2D eigenvalue weighted by molar-refractivity contribution is -0.592. The molecule has 0 aromatic carbocycles. The molecule has 1 unspecified atom stereocenters. The smallest absolute Gasteiger partial charge is 0.218 e. The summed E-state index contributed by atoms with van der Waals surface area (Å²) in [7, 11) is 0. The average Bonchev–Trinajstić information content (AvgIpc) is 2.68. The second-order valence-corrected chi connectivity index (χ2v) is 5.79. The maximum absolute atomic E-state index is 6.47. The molecule has 0 saturated heterocycles. The van der Waals surface area contributed by atoms with Crippen molar-refractivity contribution in [3.8, 4) is 0 Å². The molecule has 0 radical (unpaired) electrons. The lowest BCUT2D eigenvalue weighted by Gasteiger charge is -2.26. The lowest BCUT2D eigenvalue weighted by Crippen LogP contribution is -2.30. The van der Waals surface area contributed by atoms with Crippen molar-refractivity contribution in [2.75, 3.05) is 0 Å². The van der Waals surface area contributed by atoms with E-state index in [-0.39, 0.29) is 4.00 Å². The van der Waals surface area contributed by atoms with E-state index in [1.807, 2.05) is 12.4 Å². The van der Waals surface area contributed by atoms with Crippen molar-refractivity contribution in [1.82, 2.24) is 0 Å². The highest BCUT2D eigenvalue weighted by molar-refractivity contribution is 6.14. The van der Waals surface area contributed by atoms with Gasteiger partial charge >= 0.3 is 0 Å². The van der Waals surface area contributed by atoms with Gasteiger partial charge in [-0.2, -0.15) is 4.99 Å². The van der Waals surface area contributed by atoms with Crippen LogP contribution in [0.1, 0.15) is 32.6 Å². The van der Waals surface area contributed by atoms with E-state index < -0.39 is 0 Å². The molecule has 1 atom stereocenters. The SMILES string of the molecule is CC1CCC(C2=C3C=NC=C[N+]3(Cl)C=N2)CC1. The summed E-state index contributed by atoms with van der Waals surface area (Å²) in [5.74, 6) is 1.42. The molecule has 3 aliphatic rings. The van der Waals surface area contributed by atoms with Crippen LogP contribution >= 0.6 is 11.8 Å². The minimum atomic E-state index is 0.172. The maximum atomic E-state index is 6.47. The fourth-order valence-electron chi connectivity index (χ4n) is 2.82. The van der Waals surface area contributed by atoms with E-state index in [1.54, 1.807) is 12.5 Å². The molecule has 1 fully saturated rings. The molecule has 0 spiro atoms. The van der Waals surface area contributed by atoms with Crippen molar-refractivity contribution in [3.63, 3.8) is 0 Å². The van der Waals surface area contributed by atoms with Gasteiger partial charge in [0.2, 0.25) is 12.0 Å². The summed E-state index contributed by atoms with van der Waals surface area (Å²) in [6.07, 6.45) is 12.3. The number of halogens is 1. The van der Waals surface area contributed by atoms with E-state index in [1.165, 1.54) is 25.7 Å². The Balaban J connectivity index is 1.89. The first kappa shape index (κ1) is 11.2. The molecule has 3 rings (SSSR count). The number of rotatable bonds is 1. The van der Waals surface area contributed by atoms with Gasteiger partial charge in [0.15, 0.2) is 11.8 Å². The van der Waals surface area contributed by atoms with Gasteiger partial charge in [-0.05, 0) is 18.8 Å². The first-order valence-corrected chi connectivity index (χ1v) is 6.62. The van der Waals surface area contributed by atoms with Crippen molar-refractivity contribution in [1.29, 1.82) is 0 Å². The number of quaternary nitrogens is 1. The number of hydrogen-bond donors (Lipinski definition) is 0. The minimum Gasteiger partial charge on any atom is -0.253 e. The summed E-state index contributed by atoms with van der Waals surface area (Å²) in [5, 5.41) is 0. The molecule has 17 heavy (non-hydrogen) atoms. The van der Waals surface area contributed by atoms with Crippen LogP contribution in [-0.2, 0) is 0 Å². The molecule has 0 N–H and O–H groups in total. The molecule has 0 aromatic rings. The van der Waals surface area contributed by atoms with Gasteiger partial charge in [0.25, 0.3) is 0 Å². The summed E-state index contributed by atoms with van der Waals surface area (Å²) in [6, 6.07) is 0. The van der Waals surface area contributed by atoms with Crippen LogP contribution < -0.4 is 0 Å². The first-order chi connectivity index (χ1) is 8.19. The molecule has 0 amide bonds. The molecule has 1 saturated carbocycles. The first-order valence-electron chi connectivity index (χ1n) is 6.28. The highest BCUT2D eigenvalue weighted by Gasteiger charge is 2.40. The van der Waals surface area contributed by atoms with Gasteiger partial charge in [-0.1, -0.05) is 19.8 Å². The Morgan fingerprint density at radius 3 is 2.82 bits per heavy atom. The summed E-state index contributed by atoms with van der Waals surface area (Å²) in [6.45, 7) is 2.33. The third-order valence-corrected chi connectivity index (χ3v) is 4.35. The largest absolute Gasteiger partial charge is 0.253 e. The summed E-state index contributed by atoms with van der Waals surface area (Å²) in [5.41, 5.74) is 2.19. The predicted octanol–water partition coefficient (Wildman–Crippen LogP) is 3.59. The summed E-state index contributed by atoms with van der Waals surface area (Å²) < 4.78 is 0.172. The Morgan fingerprint density at radius 1 is 1.29 bits per heavy atom. The van der Waals surface area contributed by atoms with Crippen LogP contribution in [0.15, 0.2) is 33.8 Å². The van der Waals surface area contributed by atoms with Crippen molar-refractivity contribution < 1.29 is 4.00 Å². The molecule has 1 aliphatic carbocycles. The second-order valence-electron chi connectivity index (χ2n) is 5.24. The molecule has 3 nitrogen and oxygen atoms in total. The van der Waals surface area contributed by atoms with Gasteiger partial charge in [0, 0.05) is 5.92 Å². The molecule has 0 bridgehead atoms. The van der Waals surface area contributed by atoms with E-state index in [9.17, 15) is 0 Å². The van der Waals surface area contributed by atoms with Crippen molar-refractivity contribution >= 4 is 24.3 Å². The maximum Gasteiger partial charge on any atom is 0.218 e. The van der Waals surface area contributed by atoms with Gasteiger partial charge in [-0.3, -0.25) is 4.99 Å². The number of hydrogen-bond acceptors (Lipinski definition) is 2. The number of nitrogens with zero attached hydrogens (tertiary/aromatic N) is 3. The lowest BCUT2D eigenvalue weighted by atomic mass is 9.81. The molecule has 4 heteroatoms. The van der Waals surface area contributed by atoms with Crippen LogP contribution in [0.4, 0.5) is 0 Å². The average molecular weight is 251 g/mol. The highest BCUT2D eigenvalue weighted by Crippen LogP contribution is 2.40. The third-order valence-electron chi connectivity index (χ3n) is 3.97. The Hall–Kier alpha value is -0.930. The zero-order chi connectivity index (χ0) is 11.9. The third kappa shape index (κ3) is 1.87. The van der Waals surface area contributed by atoms with Gasteiger partial charge in [0.1, 0.15) is 11.9 Å². The molecule has 0 aromatic heterocycles. The van der Waals surface area contributed by atoms with E-state index in [0.717, 1.165) is 17.3 Å². The van der Waals surface area contributed by atoms with Crippen LogP contribution in [0.25, 0.3) is 0 Å². The normalized spacial score (nSPS) is 39.9. The second kappa shape index (κ2) is 4.07. The fraction of sp³-hybridized carbons (Fsp3) is 0.538. The monoisotopic (exact) mass is 250 g/mol. The zero-order valence-corrected chi connectivity index (χ0v) is 10.8. The zero-order valence-electron chi connectivity index (χ0n) is 10.0. The van der Waals surface area contributed by atoms with Crippen molar-refractivity contribution in [2.45, 2.75) is 32.6 Å². The molecule has 2 aliphatic heterocycles. The Morgan fingerprint density at radius 2 is 2.06 bits per heavy atom. The Kier molecular flexibility index (Phi) is 2.68. The standard InChI is InChI=1S/C13H17ClN3/c1-10-2-4-11(5-3-10)13-12-8-15-6-7-17(12,14)9-16-13/h6-11H,2-5H2,1H3/q+1. The summed E-state index contributed by atoms with van der Waals surface area (Å²) in [4.78, 5) is 8.73. The van der Waals surface area contributed by atoms with Gasteiger partial charge < -0.3 is 0 Å². The molecule has 90 valence electrons.